The third-order valence-corrected chi connectivity index (χ3v) is 3.28. The Kier molecular flexibility index (Phi) is 4.77. The molecule has 0 saturated heterocycles. The summed E-state index contributed by atoms with van der Waals surface area (Å²) in [5.74, 6) is 0. The number of nitrogens with zero attached hydrogens (tertiary/aromatic N) is 1. The predicted molar refractivity (Wildman–Crippen MR) is 71.7 cm³/mol. The van der Waals surface area contributed by atoms with Crippen molar-refractivity contribution in [3.8, 4) is 0 Å². The van der Waals surface area contributed by atoms with Crippen LogP contribution in [0.25, 0.3) is 0 Å². The van der Waals surface area contributed by atoms with Crippen LogP contribution in [-0.2, 0) is 0 Å². The third kappa shape index (κ3) is 2.97. The zero-order chi connectivity index (χ0) is 12.3. The first-order valence-corrected chi connectivity index (χ1v) is 6.15. The second-order valence-electron chi connectivity index (χ2n) is 4.13. The van der Waals surface area contributed by atoms with Crippen molar-refractivity contribution < 1.29 is 5.11 Å². The van der Waals surface area contributed by atoms with Gasteiger partial charge in [0.2, 0.25) is 0 Å². The molecule has 4 heteroatoms. The Morgan fingerprint density at radius 3 is 2.56 bits per heavy atom. The van der Waals surface area contributed by atoms with E-state index in [1.165, 1.54) is 0 Å². The number of likely N-dealkylation sites (N-methyl/N-ethyl adjacent to an activating group) is 1. The number of anilines is 1. The van der Waals surface area contributed by atoms with Crippen molar-refractivity contribution in [2.45, 2.75) is 25.9 Å². The fourth-order valence-electron chi connectivity index (χ4n) is 1.57. The molecule has 3 nitrogen and oxygen atoms in total. The molecule has 0 bridgehead atoms. The second-order valence-corrected chi connectivity index (χ2v) is 5.05. The Morgan fingerprint density at radius 2 is 2.06 bits per heavy atom. The highest BCUT2D eigenvalue weighted by Gasteiger charge is 2.15. The van der Waals surface area contributed by atoms with Gasteiger partial charge in [-0.25, -0.2) is 0 Å². The van der Waals surface area contributed by atoms with Crippen LogP contribution >= 0.6 is 15.9 Å². The summed E-state index contributed by atoms with van der Waals surface area (Å²) < 4.78 is 1.02. The summed E-state index contributed by atoms with van der Waals surface area (Å²) >= 11 is 3.44. The van der Waals surface area contributed by atoms with Gasteiger partial charge in [0.1, 0.15) is 0 Å². The molecule has 90 valence electrons. The molecule has 16 heavy (non-hydrogen) atoms. The Balaban J connectivity index is 3.12. The van der Waals surface area contributed by atoms with Crippen LogP contribution in [0.4, 0.5) is 5.69 Å². The van der Waals surface area contributed by atoms with E-state index >= 15 is 0 Å². The van der Waals surface area contributed by atoms with Gasteiger partial charge in [0.15, 0.2) is 0 Å². The van der Waals surface area contributed by atoms with Crippen molar-refractivity contribution in [1.82, 2.24) is 0 Å². The molecular formula is C12H19BrN2O. The first-order chi connectivity index (χ1) is 7.47. The standard InChI is InChI=1S/C12H19BrN2O/c1-8(7-16)15(3)12-5-4-10(13)6-11(12)9(2)14/h4-6,8-9,16H,7,14H2,1-3H3. The van der Waals surface area contributed by atoms with E-state index in [0.717, 1.165) is 15.7 Å². The van der Waals surface area contributed by atoms with E-state index in [0.29, 0.717) is 0 Å². The number of nitrogens with two attached hydrogens (primary N) is 1. The van der Waals surface area contributed by atoms with E-state index < -0.39 is 0 Å². The van der Waals surface area contributed by atoms with Gasteiger partial charge in [-0.05, 0) is 37.6 Å². The van der Waals surface area contributed by atoms with Crippen LogP contribution in [-0.4, -0.2) is 24.8 Å². The van der Waals surface area contributed by atoms with Gasteiger partial charge >= 0.3 is 0 Å². The molecule has 2 unspecified atom stereocenters. The molecular weight excluding hydrogens is 268 g/mol. The van der Waals surface area contributed by atoms with Gasteiger partial charge in [-0.15, -0.1) is 0 Å². The fraction of sp³-hybridized carbons (Fsp3) is 0.500. The Morgan fingerprint density at radius 1 is 1.44 bits per heavy atom. The van der Waals surface area contributed by atoms with E-state index in [9.17, 15) is 0 Å². The summed E-state index contributed by atoms with van der Waals surface area (Å²) in [4.78, 5) is 2.05. The molecule has 0 heterocycles. The zero-order valence-corrected chi connectivity index (χ0v) is 11.5. The molecule has 3 N–H and O–H groups in total. The van der Waals surface area contributed by atoms with Crippen LogP contribution in [0.15, 0.2) is 22.7 Å². The highest BCUT2D eigenvalue weighted by Crippen LogP contribution is 2.28. The maximum atomic E-state index is 9.17. The number of aliphatic hydroxyl groups is 1. The highest BCUT2D eigenvalue weighted by atomic mass is 79.9. The molecule has 0 saturated carbocycles. The number of hydrogen-bond acceptors (Lipinski definition) is 3. The van der Waals surface area contributed by atoms with Crippen LogP contribution < -0.4 is 10.6 Å². The molecule has 0 aliphatic rings. The van der Waals surface area contributed by atoms with Gasteiger partial charge in [0.05, 0.1) is 6.61 Å². The molecule has 0 spiro atoms. The van der Waals surface area contributed by atoms with Gasteiger partial charge in [-0.3, -0.25) is 0 Å². The van der Waals surface area contributed by atoms with Crippen LogP contribution in [0.2, 0.25) is 0 Å². The smallest absolute Gasteiger partial charge is 0.0632 e. The number of hydrogen-bond donors (Lipinski definition) is 2. The van der Waals surface area contributed by atoms with E-state index in [4.69, 9.17) is 10.8 Å². The van der Waals surface area contributed by atoms with Crippen molar-refractivity contribution >= 4 is 21.6 Å². The van der Waals surface area contributed by atoms with Crippen molar-refractivity contribution in [2.24, 2.45) is 5.73 Å². The third-order valence-electron chi connectivity index (χ3n) is 2.79. The predicted octanol–water partition coefficient (Wildman–Crippen LogP) is 2.29. The second kappa shape index (κ2) is 5.66. The van der Waals surface area contributed by atoms with Crippen molar-refractivity contribution in [3.05, 3.63) is 28.2 Å². The number of aliphatic hydroxyl groups excluding tert-OH is 1. The average Bonchev–Trinajstić information content (AvgIpc) is 2.26. The van der Waals surface area contributed by atoms with E-state index in [-0.39, 0.29) is 18.7 Å². The Hall–Kier alpha value is -0.580. The maximum Gasteiger partial charge on any atom is 0.0632 e. The topological polar surface area (TPSA) is 49.5 Å². The molecule has 1 aromatic rings. The lowest BCUT2D eigenvalue weighted by molar-refractivity contribution is 0.270. The molecule has 0 aliphatic heterocycles. The van der Waals surface area contributed by atoms with Crippen LogP contribution in [0.3, 0.4) is 0 Å². The van der Waals surface area contributed by atoms with Gasteiger partial charge in [-0.1, -0.05) is 15.9 Å². The van der Waals surface area contributed by atoms with E-state index in [2.05, 4.69) is 15.9 Å². The zero-order valence-electron chi connectivity index (χ0n) is 9.94. The minimum absolute atomic E-state index is 0.0270. The number of halogens is 1. The lowest BCUT2D eigenvalue weighted by Crippen LogP contribution is -2.33. The Bertz CT molecular complexity index is 355. The van der Waals surface area contributed by atoms with Gasteiger partial charge < -0.3 is 15.7 Å². The summed E-state index contributed by atoms with van der Waals surface area (Å²) in [6.07, 6.45) is 0. The lowest BCUT2D eigenvalue weighted by atomic mass is 10.1. The quantitative estimate of drug-likeness (QED) is 0.893. The SMILES string of the molecule is CC(N)c1cc(Br)ccc1N(C)C(C)CO. The number of rotatable bonds is 4. The first kappa shape index (κ1) is 13.5. The summed E-state index contributed by atoms with van der Waals surface area (Å²) in [6.45, 7) is 4.07. The molecule has 1 aromatic carbocycles. The van der Waals surface area contributed by atoms with Crippen molar-refractivity contribution in [1.29, 1.82) is 0 Å². The Labute approximate surface area is 105 Å². The van der Waals surface area contributed by atoms with E-state index in [1.807, 2.05) is 44.0 Å². The summed E-state index contributed by atoms with van der Waals surface area (Å²) in [7, 11) is 1.97. The molecule has 0 aliphatic carbocycles. The van der Waals surface area contributed by atoms with Gasteiger partial charge in [0.25, 0.3) is 0 Å². The minimum atomic E-state index is -0.0270. The number of benzene rings is 1. The molecule has 0 aromatic heterocycles. The molecule has 0 fully saturated rings. The first-order valence-electron chi connectivity index (χ1n) is 5.36. The monoisotopic (exact) mass is 286 g/mol. The molecule has 1 rings (SSSR count). The van der Waals surface area contributed by atoms with Crippen LogP contribution in [0.5, 0.6) is 0 Å². The lowest BCUT2D eigenvalue weighted by Gasteiger charge is -2.28. The van der Waals surface area contributed by atoms with Crippen molar-refractivity contribution in [3.63, 3.8) is 0 Å². The molecule has 2 atom stereocenters. The van der Waals surface area contributed by atoms with E-state index in [1.54, 1.807) is 0 Å². The summed E-state index contributed by atoms with van der Waals surface area (Å²) in [5, 5.41) is 9.17. The average molecular weight is 287 g/mol. The normalized spacial score (nSPS) is 14.6. The molecule has 0 amide bonds. The van der Waals surface area contributed by atoms with Gasteiger partial charge in [-0.2, -0.15) is 0 Å². The van der Waals surface area contributed by atoms with Gasteiger partial charge in [0, 0.05) is 29.3 Å². The van der Waals surface area contributed by atoms with Crippen LogP contribution in [0.1, 0.15) is 25.5 Å². The fourth-order valence-corrected chi connectivity index (χ4v) is 1.95. The van der Waals surface area contributed by atoms with Crippen molar-refractivity contribution in [2.75, 3.05) is 18.6 Å². The minimum Gasteiger partial charge on any atom is -0.394 e. The highest BCUT2D eigenvalue weighted by molar-refractivity contribution is 9.10. The largest absolute Gasteiger partial charge is 0.394 e. The molecule has 0 radical (unpaired) electrons. The summed E-state index contributed by atoms with van der Waals surface area (Å²) in [6, 6.07) is 6.09. The summed E-state index contributed by atoms with van der Waals surface area (Å²) in [5.41, 5.74) is 8.10. The maximum absolute atomic E-state index is 9.17. The van der Waals surface area contributed by atoms with Crippen LogP contribution in [0, 0.1) is 0 Å².